The van der Waals surface area contributed by atoms with Gasteiger partial charge >= 0.3 is 6.09 Å². The van der Waals surface area contributed by atoms with E-state index in [0.717, 1.165) is 31.1 Å². The number of hydrogen-bond acceptors (Lipinski definition) is 5. The van der Waals surface area contributed by atoms with Crippen molar-refractivity contribution in [3.63, 3.8) is 0 Å². The van der Waals surface area contributed by atoms with E-state index < -0.39 is 21.5 Å². The molecule has 2 amide bonds. The van der Waals surface area contributed by atoms with E-state index in [2.05, 4.69) is 5.32 Å². The molecule has 1 atom stereocenters. The molecular formula is C20H30N2O5S. The minimum Gasteiger partial charge on any atom is -0.444 e. The number of nitrogens with one attached hydrogen (secondary N) is 1. The van der Waals surface area contributed by atoms with E-state index in [-0.39, 0.29) is 16.8 Å². The highest BCUT2D eigenvalue weighted by Gasteiger charge is 2.29. The maximum absolute atomic E-state index is 13.2. The second kappa shape index (κ2) is 8.51. The summed E-state index contributed by atoms with van der Waals surface area (Å²) in [6.45, 7) is 8.03. The lowest BCUT2D eigenvalue weighted by Crippen LogP contribution is -2.50. The summed E-state index contributed by atoms with van der Waals surface area (Å²) in [5.41, 5.74) is 0.518. The van der Waals surface area contributed by atoms with Crippen LogP contribution in [-0.4, -0.2) is 56.3 Å². The minimum atomic E-state index is -3.40. The van der Waals surface area contributed by atoms with Crippen molar-refractivity contribution in [2.24, 2.45) is 0 Å². The van der Waals surface area contributed by atoms with Crippen LogP contribution in [0.3, 0.4) is 0 Å². The first-order valence-corrected chi connectivity index (χ1v) is 11.4. The number of piperidine rings is 1. The fourth-order valence-electron chi connectivity index (χ4n) is 3.21. The van der Waals surface area contributed by atoms with E-state index >= 15 is 0 Å². The summed E-state index contributed by atoms with van der Waals surface area (Å²) in [6.07, 6.45) is 3.22. The van der Waals surface area contributed by atoms with Crippen molar-refractivity contribution in [3.8, 4) is 0 Å². The molecule has 1 saturated heterocycles. The van der Waals surface area contributed by atoms with Gasteiger partial charge in [-0.05, 0) is 64.7 Å². The number of sulfone groups is 1. The predicted molar refractivity (Wildman–Crippen MR) is 107 cm³/mol. The summed E-state index contributed by atoms with van der Waals surface area (Å²) in [7, 11) is -3.40. The van der Waals surface area contributed by atoms with Gasteiger partial charge in [-0.25, -0.2) is 13.2 Å². The lowest BCUT2D eigenvalue weighted by molar-refractivity contribution is 0.0462. The van der Waals surface area contributed by atoms with Crippen LogP contribution in [0.15, 0.2) is 23.1 Å². The van der Waals surface area contributed by atoms with Crippen LogP contribution in [0.4, 0.5) is 4.79 Å². The summed E-state index contributed by atoms with van der Waals surface area (Å²) in [4.78, 5) is 27.0. The number of ether oxygens (including phenoxy) is 1. The Morgan fingerprint density at radius 3 is 2.54 bits per heavy atom. The van der Waals surface area contributed by atoms with Gasteiger partial charge in [0, 0.05) is 31.0 Å². The Balaban J connectivity index is 2.17. The molecule has 1 unspecified atom stereocenters. The molecule has 2 rings (SSSR count). The van der Waals surface area contributed by atoms with Crippen LogP contribution in [0.5, 0.6) is 0 Å². The zero-order valence-corrected chi connectivity index (χ0v) is 18.1. The topological polar surface area (TPSA) is 92.8 Å². The largest absolute Gasteiger partial charge is 0.444 e. The molecule has 0 aliphatic carbocycles. The Bertz CT molecular complexity index is 843. The first kappa shape index (κ1) is 22.2. The van der Waals surface area contributed by atoms with Crippen molar-refractivity contribution in [1.82, 2.24) is 10.2 Å². The Hall–Kier alpha value is -2.09. The van der Waals surface area contributed by atoms with Gasteiger partial charge in [0.1, 0.15) is 5.60 Å². The highest BCUT2D eigenvalue weighted by molar-refractivity contribution is 7.90. The van der Waals surface area contributed by atoms with Gasteiger partial charge in [-0.15, -0.1) is 0 Å². The molecule has 7 nitrogen and oxygen atoms in total. The van der Waals surface area contributed by atoms with Gasteiger partial charge < -0.3 is 15.0 Å². The summed E-state index contributed by atoms with van der Waals surface area (Å²) >= 11 is 0. The number of nitrogens with zero attached hydrogens (tertiary/aromatic N) is 1. The van der Waals surface area contributed by atoms with Gasteiger partial charge in [-0.2, -0.15) is 0 Å². The van der Waals surface area contributed by atoms with E-state index in [1.807, 2.05) is 0 Å². The van der Waals surface area contributed by atoms with E-state index in [0.29, 0.717) is 18.7 Å². The molecule has 28 heavy (non-hydrogen) atoms. The Morgan fingerprint density at radius 2 is 1.93 bits per heavy atom. The molecule has 0 spiro atoms. The molecule has 1 N–H and O–H groups in total. The third kappa shape index (κ3) is 5.95. The van der Waals surface area contributed by atoms with Crippen LogP contribution >= 0.6 is 0 Å². The fraction of sp³-hybridized carbons (Fsp3) is 0.600. The SMILES string of the molecule is Cc1ccc(S(C)(=O)=O)cc1C(=O)N1CCCCC1CNC(=O)OC(C)(C)C. The van der Waals surface area contributed by atoms with E-state index in [1.54, 1.807) is 38.7 Å². The molecule has 0 radical (unpaired) electrons. The number of amides is 2. The molecule has 1 heterocycles. The summed E-state index contributed by atoms with van der Waals surface area (Å²) < 4.78 is 29.0. The maximum Gasteiger partial charge on any atom is 0.407 e. The zero-order chi connectivity index (χ0) is 21.1. The van der Waals surface area contributed by atoms with Crippen LogP contribution in [0.1, 0.15) is 56.0 Å². The van der Waals surface area contributed by atoms with Crippen LogP contribution in [0.2, 0.25) is 0 Å². The average molecular weight is 411 g/mol. The molecule has 1 aromatic carbocycles. The Kier molecular flexibility index (Phi) is 6.75. The van der Waals surface area contributed by atoms with Crippen molar-refractivity contribution in [3.05, 3.63) is 29.3 Å². The predicted octanol–water partition coefficient (Wildman–Crippen LogP) is 2.92. The van der Waals surface area contributed by atoms with Gasteiger partial charge in [-0.1, -0.05) is 6.07 Å². The van der Waals surface area contributed by atoms with Gasteiger partial charge in [0.25, 0.3) is 5.91 Å². The third-order valence-electron chi connectivity index (χ3n) is 4.64. The van der Waals surface area contributed by atoms with Crippen molar-refractivity contribution in [2.45, 2.75) is 63.5 Å². The maximum atomic E-state index is 13.2. The summed E-state index contributed by atoms with van der Waals surface area (Å²) in [5, 5.41) is 2.74. The second-order valence-electron chi connectivity index (χ2n) is 8.28. The van der Waals surface area contributed by atoms with Crippen LogP contribution < -0.4 is 5.32 Å². The number of likely N-dealkylation sites (tertiary alicyclic amines) is 1. The van der Waals surface area contributed by atoms with Crippen LogP contribution in [0.25, 0.3) is 0 Å². The van der Waals surface area contributed by atoms with Gasteiger partial charge in [-0.3, -0.25) is 4.79 Å². The second-order valence-corrected chi connectivity index (χ2v) is 10.3. The van der Waals surface area contributed by atoms with Gasteiger partial charge in [0.05, 0.1) is 4.90 Å². The third-order valence-corrected chi connectivity index (χ3v) is 5.75. The molecular weight excluding hydrogens is 380 g/mol. The number of benzene rings is 1. The molecule has 0 bridgehead atoms. The molecule has 1 aliphatic heterocycles. The van der Waals surface area contributed by atoms with Gasteiger partial charge in [0.2, 0.25) is 0 Å². The number of carbonyl (C=O) groups excluding carboxylic acids is 2. The monoisotopic (exact) mass is 410 g/mol. The van der Waals surface area contributed by atoms with E-state index in [4.69, 9.17) is 4.74 Å². The molecule has 156 valence electrons. The normalized spacial score (nSPS) is 17.9. The molecule has 0 aromatic heterocycles. The number of carbonyl (C=O) groups is 2. The van der Waals surface area contributed by atoms with E-state index in [1.165, 1.54) is 12.1 Å². The first-order valence-electron chi connectivity index (χ1n) is 9.47. The van der Waals surface area contributed by atoms with Gasteiger partial charge in [0.15, 0.2) is 9.84 Å². The average Bonchev–Trinajstić information content (AvgIpc) is 2.57. The summed E-state index contributed by atoms with van der Waals surface area (Å²) in [6, 6.07) is 4.45. The van der Waals surface area contributed by atoms with Crippen molar-refractivity contribution in [2.75, 3.05) is 19.3 Å². The Morgan fingerprint density at radius 1 is 1.25 bits per heavy atom. The van der Waals surface area contributed by atoms with Crippen molar-refractivity contribution < 1.29 is 22.7 Å². The minimum absolute atomic E-state index is 0.127. The fourth-order valence-corrected chi connectivity index (χ4v) is 3.86. The number of aryl methyl sites for hydroxylation is 1. The van der Waals surface area contributed by atoms with E-state index in [9.17, 15) is 18.0 Å². The zero-order valence-electron chi connectivity index (χ0n) is 17.2. The molecule has 0 saturated carbocycles. The highest BCUT2D eigenvalue weighted by Crippen LogP contribution is 2.23. The first-order chi connectivity index (χ1) is 12.9. The number of rotatable bonds is 4. The lowest BCUT2D eigenvalue weighted by Gasteiger charge is -2.36. The standard InChI is InChI=1S/C20H30N2O5S/c1-14-9-10-16(28(5,25)26)12-17(14)18(23)22-11-7-6-8-15(22)13-21-19(24)27-20(2,3)4/h9-10,12,15H,6-8,11,13H2,1-5H3,(H,21,24). The number of alkyl carbamates (subject to hydrolysis) is 1. The highest BCUT2D eigenvalue weighted by atomic mass is 32.2. The van der Waals surface area contributed by atoms with Crippen molar-refractivity contribution in [1.29, 1.82) is 0 Å². The van der Waals surface area contributed by atoms with Crippen LogP contribution in [-0.2, 0) is 14.6 Å². The Labute approximate surface area is 167 Å². The van der Waals surface area contributed by atoms with Crippen molar-refractivity contribution >= 4 is 21.8 Å². The quantitative estimate of drug-likeness (QED) is 0.824. The summed E-state index contributed by atoms with van der Waals surface area (Å²) in [5.74, 6) is -0.210. The lowest BCUT2D eigenvalue weighted by atomic mass is 9.99. The number of hydrogen-bond donors (Lipinski definition) is 1. The molecule has 1 aromatic rings. The molecule has 8 heteroatoms. The van der Waals surface area contributed by atoms with Crippen LogP contribution in [0, 0.1) is 6.92 Å². The smallest absolute Gasteiger partial charge is 0.407 e. The molecule has 1 aliphatic rings. The molecule has 1 fully saturated rings.